The molecule has 4 aliphatic heterocycles. The van der Waals surface area contributed by atoms with Crippen molar-refractivity contribution in [1.82, 2.24) is 14.9 Å². The number of hydrogen-bond acceptors (Lipinski definition) is 7. The van der Waals surface area contributed by atoms with Crippen LogP contribution in [-0.4, -0.2) is 54.2 Å². The zero-order valence-corrected chi connectivity index (χ0v) is 23.6. The monoisotopic (exact) mass is 599 g/mol. The topological polar surface area (TPSA) is 76.7 Å². The lowest BCUT2D eigenvalue weighted by molar-refractivity contribution is -0.142. The predicted octanol–water partition coefficient (Wildman–Crippen LogP) is 6.28. The predicted molar refractivity (Wildman–Crippen MR) is 145 cm³/mol. The van der Waals surface area contributed by atoms with Gasteiger partial charge in [0.25, 0.3) is 6.08 Å². The van der Waals surface area contributed by atoms with Gasteiger partial charge in [-0.25, -0.2) is 4.39 Å². The standard InChI is InChI=1S/C21H24F4N4O2.C8H11F2N/c1-11-4-3-5-29(9-11)19-14-10-31-17(8-16(14)27-20(28-19)30-2)13-6-12(26)7-15(22)18(13)21(23,24)25;9-8(10)6-4-7-2-1-3-11(7)5-6/h6-7,11,17H,3-5,8-10,26H2,1-2H3;7H,1-5H2. The van der Waals surface area contributed by atoms with Gasteiger partial charge in [0.1, 0.15) is 11.6 Å². The van der Waals surface area contributed by atoms with E-state index in [1.807, 2.05) is 0 Å². The summed E-state index contributed by atoms with van der Waals surface area (Å²) in [5.41, 5.74) is 5.48. The number of alkyl halides is 3. The second kappa shape index (κ2) is 12.3. The Kier molecular flexibility index (Phi) is 8.89. The Hall–Kier alpha value is -3.06. The van der Waals surface area contributed by atoms with E-state index in [4.69, 9.17) is 15.2 Å². The molecule has 0 bridgehead atoms. The molecule has 0 radical (unpaired) electrons. The number of methoxy groups -OCH3 is 1. The van der Waals surface area contributed by atoms with Crippen LogP contribution in [0.1, 0.15) is 67.5 Å². The number of anilines is 2. The minimum absolute atomic E-state index is 0.0118. The van der Waals surface area contributed by atoms with Crippen LogP contribution in [0.15, 0.2) is 23.8 Å². The fraction of sp³-hybridized carbons (Fsp3) is 0.586. The molecule has 0 aliphatic carbocycles. The average molecular weight is 600 g/mol. The summed E-state index contributed by atoms with van der Waals surface area (Å²) in [7, 11) is 1.44. The van der Waals surface area contributed by atoms with E-state index >= 15 is 0 Å². The normalized spacial score (nSPS) is 24.1. The molecule has 230 valence electrons. The maximum atomic E-state index is 14.2. The van der Waals surface area contributed by atoms with E-state index in [-0.39, 0.29) is 30.3 Å². The highest BCUT2D eigenvalue weighted by Crippen LogP contribution is 2.43. The van der Waals surface area contributed by atoms with Gasteiger partial charge in [-0.1, -0.05) is 6.92 Å². The summed E-state index contributed by atoms with van der Waals surface area (Å²) < 4.78 is 90.2. The Bertz CT molecular complexity index is 1320. The van der Waals surface area contributed by atoms with Crippen molar-refractivity contribution in [3.05, 3.63) is 52.0 Å². The van der Waals surface area contributed by atoms with Crippen LogP contribution in [0.5, 0.6) is 6.01 Å². The van der Waals surface area contributed by atoms with Crippen molar-refractivity contribution >= 4 is 11.5 Å². The molecule has 3 saturated heterocycles. The molecule has 2 N–H and O–H groups in total. The minimum atomic E-state index is -4.88. The summed E-state index contributed by atoms with van der Waals surface area (Å²) in [5, 5.41) is 0. The molecule has 1 aromatic carbocycles. The van der Waals surface area contributed by atoms with Crippen molar-refractivity contribution in [2.75, 3.05) is 43.9 Å². The molecule has 3 fully saturated rings. The number of hydrogen-bond donors (Lipinski definition) is 1. The van der Waals surface area contributed by atoms with E-state index in [1.54, 1.807) is 0 Å². The van der Waals surface area contributed by atoms with Gasteiger partial charge in [-0.2, -0.15) is 31.9 Å². The molecular weight excluding hydrogens is 564 g/mol. The highest BCUT2D eigenvalue weighted by molar-refractivity contribution is 5.53. The second-order valence-corrected chi connectivity index (χ2v) is 11.5. The second-order valence-electron chi connectivity index (χ2n) is 11.5. The maximum Gasteiger partial charge on any atom is 0.419 e. The summed E-state index contributed by atoms with van der Waals surface area (Å²) in [6.07, 6.45) is -2.30. The van der Waals surface area contributed by atoms with Crippen LogP contribution in [0.4, 0.5) is 37.8 Å². The lowest BCUT2D eigenvalue weighted by atomic mass is 9.93. The molecule has 4 aliphatic rings. The third kappa shape index (κ3) is 6.46. The Morgan fingerprint density at radius 3 is 2.52 bits per heavy atom. The Morgan fingerprint density at radius 2 is 1.86 bits per heavy atom. The van der Waals surface area contributed by atoms with E-state index in [1.165, 1.54) is 13.5 Å². The van der Waals surface area contributed by atoms with Gasteiger partial charge in [0.2, 0.25) is 0 Å². The molecule has 0 saturated carbocycles. The molecule has 13 heteroatoms. The molecule has 42 heavy (non-hydrogen) atoms. The number of fused-ring (bicyclic) bond motifs is 2. The lowest BCUT2D eigenvalue weighted by Gasteiger charge is -2.35. The number of piperidine rings is 1. The number of nitrogens with two attached hydrogens (primary N) is 1. The van der Waals surface area contributed by atoms with Crippen molar-refractivity contribution in [2.45, 2.75) is 70.4 Å². The third-order valence-corrected chi connectivity index (χ3v) is 8.41. The van der Waals surface area contributed by atoms with Gasteiger partial charge >= 0.3 is 12.2 Å². The first-order valence-electron chi connectivity index (χ1n) is 14.2. The van der Waals surface area contributed by atoms with E-state index in [2.05, 4.69) is 26.7 Å². The zero-order valence-electron chi connectivity index (χ0n) is 23.6. The van der Waals surface area contributed by atoms with E-state index in [0.717, 1.165) is 50.5 Å². The smallest absolute Gasteiger partial charge is 0.419 e. The first-order chi connectivity index (χ1) is 19.9. The van der Waals surface area contributed by atoms with Gasteiger partial charge in [0, 0.05) is 48.9 Å². The molecule has 6 rings (SSSR count). The number of aromatic nitrogens is 2. The molecule has 5 heterocycles. The van der Waals surface area contributed by atoms with Crippen molar-refractivity contribution in [3.8, 4) is 6.01 Å². The fourth-order valence-corrected chi connectivity index (χ4v) is 6.43. The highest BCUT2D eigenvalue weighted by Gasteiger charge is 2.41. The number of ether oxygens (including phenoxy) is 2. The van der Waals surface area contributed by atoms with Crippen LogP contribution < -0.4 is 15.4 Å². The van der Waals surface area contributed by atoms with Gasteiger partial charge in [-0.3, -0.25) is 4.90 Å². The van der Waals surface area contributed by atoms with Gasteiger partial charge in [0.05, 0.1) is 31.1 Å². The molecule has 3 atom stereocenters. The van der Waals surface area contributed by atoms with Gasteiger partial charge in [0.15, 0.2) is 0 Å². The summed E-state index contributed by atoms with van der Waals surface area (Å²) in [5.74, 6) is -0.242. The molecular formula is C29H35F6N5O2. The Labute approximate surface area is 240 Å². The quantitative estimate of drug-likeness (QED) is 0.329. The van der Waals surface area contributed by atoms with Crippen LogP contribution in [0.2, 0.25) is 0 Å². The van der Waals surface area contributed by atoms with Gasteiger partial charge < -0.3 is 20.1 Å². The van der Waals surface area contributed by atoms with Gasteiger partial charge in [-0.05, 0) is 62.3 Å². The SMILES string of the molecule is COc1nc2c(c(N3CCCC(C)C3)n1)COC(c1cc(N)cc(F)c1C(F)(F)F)C2.FC(F)=C1CC2CCCN2C1. The molecule has 3 unspecified atom stereocenters. The van der Waals surface area contributed by atoms with Crippen molar-refractivity contribution in [3.63, 3.8) is 0 Å². The van der Waals surface area contributed by atoms with Crippen LogP contribution in [0.25, 0.3) is 0 Å². The summed E-state index contributed by atoms with van der Waals surface area (Å²) in [6.45, 7) is 5.34. The van der Waals surface area contributed by atoms with Crippen LogP contribution in [0, 0.1) is 11.7 Å². The molecule has 0 spiro atoms. The molecule has 0 amide bonds. The summed E-state index contributed by atoms with van der Waals surface area (Å²) in [6, 6.07) is 2.37. The lowest BCUT2D eigenvalue weighted by Crippen LogP contribution is -2.36. The van der Waals surface area contributed by atoms with Crippen LogP contribution in [0.3, 0.4) is 0 Å². The minimum Gasteiger partial charge on any atom is -0.467 e. The van der Waals surface area contributed by atoms with E-state index in [9.17, 15) is 26.3 Å². The van der Waals surface area contributed by atoms with Crippen molar-refractivity contribution in [2.24, 2.45) is 5.92 Å². The number of benzene rings is 1. The Balaban J connectivity index is 0.000000267. The molecule has 7 nitrogen and oxygen atoms in total. The van der Waals surface area contributed by atoms with Crippen LogP contribution >= 0.6 is 0 Å². The molecule has 2 aromatic rings. The molecule has 1 aromatic heterocycles. The van der Waals surface area contributed by atoms with E-state index in [0.29, 0.717) is 48.1 Å². The number of halogens is 6. The Morgan fingerprint density at radius 1 is 1.10 bits per heavy atom. The summed E-state index contributed by atoms with van der Waals surface area (Å²) >= 11 is 0. The largest absolute Gasteiger partial charge is 0.467 e. The summed E-state index contributed by atoms with van der Waals surface area (Å²) in [4.78, 5) is 13.2. The zero-order chi connectivity index (χ0) is 30.2. The number of nitrogen functional groups attached to an aromatic ring is 1. The third-order valence-electron chi connectivity index (χ3n) is 8.41. The van der Waals surface area contributed by atoms with Gasteiger partial charge in [-0.15, -0.1) is 0 Å². The highest BCUT2D eigenvalue weighted by atomic mass is 19.4. The van der Waals surface area contributed by atoms with Crippen molar-refractivity contribution < 1.29 is 35.8 Å². The fourth-order valence-electron chi connectivity index (χ4n) is 6.43. The number of nitrogens with zero attached hydrogens (tertiary/aromatic N) is 4. The van der Waals surface area contributed by atoms with E-state index < -0.39 is 29.7 Å². The average Bonchev–Trinajstić information content (AvgIpc) is 3.54. The van der Waals surface area contributed by atoms with Crippen molar-refractivity contribution in [1.29, 1.82) is 0 Å². The van der Waals surface area contributed by atoms with Crippen LogP contribution in [-0.2, 0) is 23.9 Å². The first kappa shape index (κ1) is 30.4. The first-order valence-corrected chi connectivity index (χ1v) is 14.2. The number of rotatable bonds is 3. The maximum absolute atomic E-state index is 14.2.